The molecule has 1 heterocycles. The summed E-state index contributed by atoms with van der Waals surface area (Å²) in [6, 6.07) is 14.5. The van der Waals surface area contributed by atoms with Crippen molar-refractivity contribution in [1.29, 1.82) is 0 Å². The van der Waals surface area contributed by atoms with Gasteiger partial charge in [0.05, 0.1) is 7.11 Å². The van der Waals surface area contributed by atoms with E-state index in [4.69, 9.17) is 4.74 Å². The van der Waals surface area contributed by atoms with Gasteiger partial charge in [-0.15, -0.1) is 0 Å². The van der Waals surface area contributed by atoms with Gasteiger partial charge in [0.2, 0.25) is 0 Å². The molecule has 5 heteroatoms. The van der Waals surface area contributed by atoms with Gasteiger partial charge in [-0.2, -0.15) is 0 Å². The van der Waals surface area contributed by atoms with Crippen molar-refractivity contribution < 1.29 is 4.74 Å². The SMILES string of the molecule is CN=C(NCCc1ccccn1)NCC1(c2cccc(OC)c2)CCCC1. The predicted octanol–water partition coefficient (Wildman–Crippen LogP) is 3.31. The van der Waals surface area contributed by atoms with Gasteiger partial charge in [0.15, 0.2) is 5.96 Å². The zero-order valence-electron chi connectivity index (χ0n) is 16.4. The Morgan fingerprint density at radius 3 is 2.70 bits per heavy atom. The molecule has 1 aromatic heterocycles. The number of aromatic nitrogens is 1. The highest BCUT2D eigenvalue weighted by atomic mass is 16.5. The zero-order chi connectivity index (χ0) is 19.0. The number of nitrogens with one attached hydrogen (secondary N) is 2. The van der Waals surface area contributed by atoms with Crippen LogP contribution < -0.4 is 15.4 Å². The van der Waals surface area contributed by atoms with Gasteiger partial charge in [0.1, 0.15) is 5.75 Å². The van der Waals surface area contributed by atoms with Crippen molar-refractivity contribution in [2.75, 3.05) is 27.2 Å². The fourth-order valence-electron chi connectivity index (χ4n) is 3.90. The molecule has 1 aliphatic rings. The van der Waals surface area contributed by atoms with Gasteiger partial charge in [-0.3, -0.25) is 9.98 Å². The summed E-state index contributed by atoms with van der Waals surface area (Å²) in [6.07, 6.45) is 7.63. The van der Waals surface area contributed by atoms with E-state index in [1.54, 1.807) is 7.11 Å². The van der Waals surface area contributed by atoms with E-state index >= 15 is 0 Å². The van der Waals surface area contributed by atoms with E-state index in [9.17, 15) is 0 Å². The average Bonchev–Trinajstić information content (AvgIpc) is 3.21. The summed E-state index contributed by atoms with van der Waals surface area (Å²) in [5.41, 5.74) is 2.59. The molecular formula is C22H30N4O. The molecule has 2 aromatic rings. The van der Waals surface area contributed by atoms with Crippen LogP contribution >= 0.6 is 0 Å². The quantitative estimate of drug-likeness (QED) is 0.583. The van der Waals surface area contributed by atoms with E-state index in [0.717, 1.165) is 36.9 Å². The van der Waals surface area contributed by atoms with Crippen LogP contribution in [0.2, 0.25) is 0 Å². The first kappa shape index (κ1) is 19.2. The Balaban J connectivity index is 1.59. The van der Waals surface area contributed by atoms with Crippen LogP contribution in [0, 0.1) is 0 Å². The Labute approximate surface area is 162 Å². The number of hydrogen-bond acceptors (Lipinski definition) is 3. The Morgan fingerprint density at radius 1 is 1.15 bits per heavy atom. The van der Waals surface area contributed by atoms with Gasteiger partial charge < -0.3 is 15.4 Å². The second-order valence-corrected chi connectivity index (χ2v) is 7.14. The van der Waals surface area contributed by atoms with Crippen LogP contribution in [0.15, 0.2) is 53.7 Å². The van der Waals surface area contributed by atoms with Gasteiger partial charge in [-0.1, -0.05) is 31.0 Å². The van der Waals surface area contributed by atoms with Crippen LogP contribution in [0.5, 0.6) is 5.75 Å². The maximum atomic E-state index is 5.44. The van der Waals surface area contributed by atoms with Crippen LogP contribution in [-0.4, -0.2) is 38.2 Å². The normalized spacial score (nSPS) is 16.1. The summed E-state index contributed by atoms with van der Waals surface area (Å²) in [5.74, 6) is 1.77. The van der Waals surface area contributed by atoms with Crippen molar-refractivity contribution in [2.45, 2.75) is 37.5 Å². The molecule has 0 aliphatic heterocycles. The van der Waals surface area contributed by atoms with Crippen LogP contribution in [0.1, 0.15) is 36.9 Å². The molecule has 0 saturated heterocycles. The van der Waals surface area contributed by atoms with E-state index in [2.05, 4.69) is 38.8 Å². The number of hydrogen-bond donors (Lipinski definition) is 2. The van der Waals surface area contributed by atoms with Crippen LogP contribution in [-0.2, 0) is 11.8 Å². The first-order valence-electron chi connectivity index (χ1n) is 9.75. The Hall–Kier alpha value is -2.56. The van der Waals surface area contributed by atoms with Crippen molar-refractivity contribution in [1.82, 2.24) is 15.6 Å². The summed E-state index contributed by atoms with van der Waals surface area (Å²) >= 11 is 0. The van der Waals surface area contributed by atoms with Crippen molar-refractivity contribution in [3.8, 4) is 5.75 Å². The maximum absolute atomic E-state index is 5.44. The first-order valence-corrected chi connectivity index (χ1v) is 9.75. The average molecular weight is 367 g/mol. The largest absolute Gasteiger partial charge is 0.497 e. The number of pyridine rings is 1. The van der Waals surface area contributed by atoms with Crippen molar-refractivity contribution in [2.24, 2.45) is 4.99 Å². The van der Waals surface area contributed by atoms with Gasteiger partial charge in [0, 0.05) is 43.9 Å². The van der Waals surface area contributed by atoms with Crippen LogP contribution in [0.4, 0.5) is 0 Å². The van der Waals surface area contributed by atoms with Crippen molar-refractivity contribution in [3.05, 3.63) is 59.9 Å². The molecule has 1 saturated carbocycles. The zero-order valence-corrected chi connectivity index (χ0v) is 16.4. The molecule has 5 nitrogen and oxygen atoms in total. The predicted molar refractivity (Wildman–Crippen MR) is 110 cm³/mol. The molecule has 1 fully saturated rings. The molecule has 0 bridgehead atoms. The Bertz CT molecular complexity index is 739. The number of nitrogens with zero attached hydrogens (tertiary/aromatic N) is 2. The maximum Gasteiger partial charge on any atom is 0.191 e. The molecule has 1 aliphatic carbocycles. The smallest absolute Gasteiger partial charge is 0.191 e. The van der Waals surface area contributed by atoms with E-state index in [0.29, 0.717) is 0 Å². The van der Waals surface area contributed by atoms with Crippen molar-refractivity contribution in [3.63, 3.8) is 0 Å². The molecule has 0 spiro atoms. The van der Waals surface area contributed by atoms with Gasteiger partial charge in [-0.05, 0) is 42.7 Å². The minimum absolute atomic E-state index is 0.146. The topological polar surface area (TPSA) is 58.5 Å². The van der Waals surface area contributed by atoms with E-state index in [1.807, 2.05) is 37.5 Å². The lowest BCUT2D eigenvalue weighted by molar-refractivity contribution is 0.404. The third-order valence-corrected chi connectivity index (χ3v) is 5.46. The van der Waals surface area contributed by atoms with Crippen LogP contribution in [0.25, 0.3) is 0 Å². The highest BCUT2D eigenvalue weighted by molar-refractivity contribution is 5.79. The molecule has 0 unspecified atom stereocenters. The van der Waals surface area contributed by atoms with E-state index in [1.165, 1.54) is 31.2 Å². The van der Waals surface area contributed by atoms with E-state index in [-0.39, 0.29) is 5.41 Å². The number of rotatable bonds is 7. The number of benzene rings is 1. The third kappa shape index (κ3) is 5.00. The summed E-state index contributed by atoms with van der Waals surface area (Å²) in [4.78, 5) is 8.75. The first-order chi connectivity index (χ1) is 13.3. The number of guanidine groups is 1. The van der Waals surface area contributed by atoms with Crippen molar-refractivity contribution >= 4 is 5.96 Å². The summed E-state index contributed by atoms with van der Waals surface area (Å²) in [6.45, 7) is 1.69. The molecule has 3 rings (SSSR count). The van der Waals surface area contributed by atoms with Gasteiger partial charge in [-0.25, -0.2) is 0 Å². The lowest BCUT2D eigenvalue weighted by Gasteiger charge is -2.31. The Morgan fingerprint density at radius 2 is 2.00 bits per heavy atom. The summed E-state index contributed by atoms with van der Waals surface area (Å²) < 4.78 is 5.44. The highest BCUT2D eigenvalue weighted by Crippen LogP contribution is 2.41. The molecule has 0 radical (unpaired) electrons. The summed E-state index contributed by atoms with van der Waals surface area (Å²) in [5, 5.41) is 6.96. The minimum Gasteiger partial charge on any atom is -0.497 e. The molecule has 27 heavy (non-hydrogen) atoms. The molecule has 0 amide bonds. The molecule has 0 atom stereocenters. The fourth-order valence-corrected chi connectivity index (χ4v) is 3.90. The molecular weight excluding hydrogens is 336 g/mol. The fraction of sp³-hybridized carbons (Fsp3) is 0.455. The second-order valence-electron chi connectivity index (χ2n) is 7.14. The summed E-state index contributed by atoms with van der Waals surface area (Å²) in [7, 11) is 3.55. The molecule has 1 aromatic carbocycles. The minimum atomic E-state index is 0.146. The van der Waals surface area contributed by atoms with Gasteiger partial charge >= 0.3 is 0 Å². The number of methoxy groups -OCH3 is 1. The van der Waals surface area contributed by atoms with Crippen LogP contribution in [0.3, 0.4) is 0 Å². The number of aliphatic imine (C=N–C) groups is 1. The highest BCUT2D eigenvalue weighted by Gasteiger charge is 2.35. The third-order valence-electron chi connectivity index (χ3n) is 5.46. The monoisotopic (exact) mass is 366 g/mol. The lowest BCUT2D eigenvalue weighted by Crippen LogP contribution is -2.45. The standard InChI is InChI=1S/C22H30N4O/c1-23-21(25-15-11-19-9-3-6-14-24-19)26-17-22(12-4-5-13-22)18-8-7-10-20(16-18)27-2/h3,6-10,14,16H,4-5,11-13,15,17H2,1-2H3,(H2,23,25,26). The van der Waals surface area contributed by atoms with Gasteiger partial charge in [0.25, 0.3) is 0 Å². The second kappa shape index (κ2) is 9.40. The van der Waals surface area contributed by atoms with E-state index < -0.39 is 0 Å². The number of ether oxygens (including phenoxy) is 1. The lowest BCUT2D eigenvalue weighted by atomic mass is 9.78. The Kier molecular flexibility index (Phi) is 6.69. The molecule has 144 valence electrons. The molecule has 2 N–H and O–H groups in total.